The molecule has 2 aliphatic heterocycles. The van der Waals surface area contributed by atoms with Crippen LogP contribution in [0.3, 0.4) is 0 Å². The second kappa shape index (κ2) is 9.31. The zero-order chi connectivity index (χ0) is 22.8. The van der Waals surface area contributed by atoms with Gasteiger partial charge in [0.15, 0.2) is 6.04 Å². The second-order valence-corrected chi connectivity index (χ2v) is 9.81. The second-order valence-electron chi connectivity index (χ2n) is 6.55. The summed E-state index contributed by atoms with van der Waals surface area (Å²) < 4.78 is 28.4. The molecule has 1 saturated heterocycles. The molecule has 1 aromatic carbocycles. The largest absolute Gasteiger partial charge is 0.461 e. The summed E-state index contributed by atoms with van der Waals surface area (Å²) in [5.74, 6) is -0.568. The number of β-lactam (4-membered cyclic amide) rings is 1. The first-order valence-corrected chi connectivity index (χ1v) is 11.6. The Labute approximate surface area is 182 Å². The van der Waals surface area contributed by atoms with E-state index in [2.05, 4.69) is 4.99 Å². The van der Waals surface area contributed by atoms with Crippen LogP contribution in [-0.4, -0.2) is 65.9 Å². The lowest BCUT2D eigenvalue weighted by Gasteiger charge is -2.49. The van der Waals surface area contributed by atoms with E-state index in [0.29, 0.717) is 16.9 Å². The van der Waals surface area contributed by atoms with Crippen molar-refractivity contribution in [3.63, 3.8) is 0 Å². The quantitative estimate of drug-likeness (QED) is 0.140. The molecule has 2 heterocycles. The molecule has 0 unspecified atom stereocenters. The van der Waals surface area contributed by atoms with Crippen molar-refractivity contribution >= 4 is 43.1 Å². The Kier molecular flexibility index (Phi) is 6.95. The number of benzene rings is 1. The zero-order valence-corrected chi connectivity index (χ0v) is 18.6. The molecule has 11 nitrogen and oxygen atoms in total. The number of fused-ring (bicyclic) bond motifs is 1. The van der Waals surface area contributed by atoms with Crippen LogP contribution in [-0.2, 0) is 27.9 Å². The molecule has 1 fully saturated rings. The highest BCUT2D eigenvalue weighted by atomic mass is 32.2. The van der Waals surface area contributed by atoms with Gasteiger partial charge in [0, 0.05) is 50.8 Å². The maximum atomic E-state index is 13.1. The number of aliphatic imine (C=N–C) groups is 1. The highest BCUT2D eigenvalue weighted by molar-refractivity contribution is 8.00. The molecule has 13 heteroatoms. The summed E-state index contributed by atoms with van der Waals surface area (Å²) >= 11 is 1.39. The lowest BCUT2D eigenvalue weighted by atomic mass is 10.1. The normalized spacial score (nSPS) is 21.1. The number of carbonyl (C=O) groups is 2. The molecule has 0 spiro atoms. The van der Waals surface area contributed by atoms with Crippen molar-refractivity contribution in [2.45, 2.75) is 18.3 Å². The van der Waals surface area contributed by atoms with E-state index in [4.69, 9.17) is 13.8 Å². The molecule has 1 amide bonds. The van der Waals surface area contributed by atoms with Crippen LogP contribution >= 0.6 is 19.4 Å². The smallest absolute Gasteiger partial charge is 0.377 e. The van der Waals surface area contributed by atoms with E-state index in [1.54, 1.807) is 0 Å². The summed E-state index contributed by atoms with van der Waals surface area (Å²) in [6.45, 7) is 1.12. The van der Waals surface area contributed by atoms with Crippen molar-refractivity contribution in [3.05, 3.63) is 51.0 Å². The molecule has 3 rings (SSSR count). The summed E-state index contributed by atoms with van der Waals surface area (Å²) in [5.41, 5.74) is 1.10. The predicted octanol–water partition coefficient (Wildman–Crippen LogP) is 2.56. The molecule has 1 aromatic rings. The number of carbonyl (C=O) groups excluding carboxylic acids is 2. The summed E-state index contributed by atoms with van der Waals surface area (Å²) in [7, 11) is -1.38. The minimum Gasteiger partial charge on any atom is -0.461 e. The number of hydrogen-bond acceptors (Lipinski definition) is 10. The summed E-state index contributed by atoms with van der Waals surface area (Å²) in [4.78, 5) is 40.0. The fraction of sp³-hybridized carbons (Fsp3) is 0.389. The number of hydrogen-bond donors (Lipinski definition) is 0. The highest BCUT2D eigenvalue weighted by Crippen LogP contribution is 2.62. The van der Waals surface area contributed by atoms with Gasteiger partial charge in [-0.3, -0.25) is 34.2 Å². The van der Waals surface area contributed by atoms with Gasteiger partial charge >= 0.3 is 13.6 Å². The molecular weight excluding hydrogens is 449 g/mol. The number of thioether (sulfide) groups is 1. The van der Waals surface area contributed by atoms with E-state index in [9.17, 15) is 24.3 Å². The van der Waals surface area contributed by atoms with Crippen LogP contribution in [0.25, 0.3) is 0 Å². The van der Waals surface area contributed by atoms with Crippen molar-refractivity contribution in [1.29, 1.82) is 0 Å². The molecule has 0 aliphatic carbocycles. The molecule has 0 radical (unpaired) electrons. The highest BCUT2D eigenvalue weighted by Gasteiger charge is 2.56. The Morgan fingerprint density at radius 3 is 2.55 bits per heavy atom. The van der Waals surface area contributed by atoms with Crippen LogP contribution in [0.2, 0.25) is 0 Å². The Bertz CT molecular complexity index is 1000. The Morgan fingerprint density at radius 2 is 2.00 bits per heavy atom. The van der Waals surface area contributed by atoms with Gasteiger partial charge in [0.05, 0.1) is 4.92 Å². The summed E-state index contributed by atoms with van der Waals surface area (Å²) in [5, 5.41) is 10.3. The first-order valence-electron chi connectivity index (χ1n) is 9.01. The average Bonchev–Trinajstić information content (AvgIpc) is 2.76. The summed E-state index contributed by atoms with van der Waals surface area (Å²) in [6.07, 6.45) is 1.47. The van der Waals surface area contributed by atoms with Gasteiger partial charge in [0.25, 0.3) is 11.6 Å². The molecule has 0 bridgehead atoms. The van der Waals surface area contributed by atoms with Crippen molar-refractivity contribution < 1.29 is 32.9 Å². The van der Waals surface area contributed by atoms with Gasteiger partial charge in [-0.1, -0.05) is 0 Å². The van der Waals surface area contributed by atoms with Crippen molar-refractivity contribution in [2.24, 2.45) is 4.99 Å². The molecule has 2 atom stereocenters. The van der Waals surface area contributed by atoms with Crippen molar-refractivity contribution in [3.8, 4) is 0 Å². The third-order valence-electron chi connectivity index (χ3n) is 4.67. The van der Waals surface area contributed by atoms with Gasteiger partial charge < -0.3 is 13.8 Å². The van der Waals surface area contributed by atoms with E-state index < -0.39 is 35.8 Å². The van der Waals surface area contributed by atoms with Crippen LogP contribution in [0.4, 0.5) is 5.69 Å². The van der Waals surface area contributed by atoms with E-state index in [0.717, 1.165) is 0 Å². The monoisotopic (exact) mass is 469 g/mol. The van der Waals surface area contributed by atoms with Gasteiger partial charge in [0.2, 0.25) is 0 Å². The lowest BCUT2D eigenvalue weighted by molar-refractivity contribution is -0.384. The zero-order valence-electron chi connectivity index (χ0n) is 16.9. The fourth-order valence-electron chi connectivity index (χ4n) is 3.11. The number of amides is 1. The number of non-ortho nitro benzene ring substituents is 1. The molecule has 0 saturated carbocycles. The fourth-order valence-corrected chi connectivity index (χ4v) is 6.13. The van der Waals surface area contributed by atoms with Gasteiger partial charge in [-0.25, -0.2) is 0 Å². The molecule has 0 aromatic heterocycles. The minimum atomic E-state index is -3.81. The number of esters is 1. The third-order valence-corrected chi connectivity index (χ3v) is 8.00. The lowest BCUT2D eigenvalue weighted by Crippen LogP contribution is -2.63. The number of nitrogens with zero attached hydrogens (tertiary/aromatic N) is 3. The van der Waals surface area contributed by atoms with E-state index >= 15 is 0 Å². The number of nitro benzene ring substituents is 1. The Balaban J connectivity index is 1.84. The molecule has 31 heavy (non-hydrogen) atoms. The van der Waals surface area contributed by atoms with Gasteiger partial charge in [-0.15, -0.1) is 11.8 Å². The van der Waals surface area contributed by atoms with Gasteiger partial charge in [-0.05, 0) is 17.7 Å². The molecule has 0 N–H and O–H groups in total. The first kappa shape index (κ1) is 23.1. The van der Waals surface area contributed by atoms with E-state index in [1.807, 2.05) is 0 Å². The maximum absolute atomic E-state index is 13.1. The SMILES string of the molecule is COP(=O)(OC)C1=C(COC(C)=O)CS[C@@H]2[C@@H](N=Cc3ccc([N+](=O)[O-])cc3)C(=O)N12. The number of nitro groups is 1. The molecule has 2 aliphatic rings. The van der Waals surface area contributed by atoms with Crippen LogP contribution in [0.1, 0.15) is 12.5 Å². The van der Waals surface area contributed by atoms with Crippen LogP contribution < -0.4 is 0 Å². The topological polar surface area (TPSA) is 138 Å². The Morgan fingerprint density at radius 1 is 1.35 bits per heavy atom. The number of rotatable bonds is 8. The van der Waals surface area contributed by atoms with Crippen molar-refractivity contribution in [1.82, 2.24) is 4.90 Å². The Hall–Kier alpha value is -2.53. The first-order chi connectivity index (χ1) is 14.7. The van der Waals surface area contributed by atoms with Crippen LogP contribution in [0, 0.1) is 10.1 Å². The third kappa shape index (κ3) is 4.57. The predicted molar refractivity (Wildman–Crippen MR) is 113 cm³/mol. The van der Waals surface area contributed by atoms with Crippen LogP contribution in [0.15, 0.2) is 40.3 Å². The standard InChI is InChI=1S/C18H20N3O8PS/c1-11(22)29-9-13-10-31-18-15(16(23)20(18)17(13)30(26,27-2)28-3)19-8-12-4-6-14(7-5-12)21(24)25/h4-8,15,18H,9-10H2,1-3H3/t15-,18+/m0/s1. The molecule has 166 valence electrons. The van der Waals surface area contributed by atoms with Gasteiger partial charge in [0.1, 0.15) is 17.4 Å². The average molecular weight is 469 g/mol. The summed E-state index contributed by atoms with van der Waals surface area (Å²) in [6, 6.07) is 5.03. The maximum Gasteiger partial charge on any atom is 0.377 e. The van der Waals surface area contributed by atoms with Crippen LogP contribution in [0.5, 0.6) is 0 Å². The van der Waals surface area contributed by atoms with Gasteiger partial charge in [-0.2, -0.15) is 0 Å². The van der Waals surface area contributed by atoms with E-state index in [-0.39, 0.29) is 17.7 Å². The molecular formula is C18H20N3O8PS. The van der Waals surface area contributed by atoms with Crippen molar-refractivity contribution in [2.75, 3.05) is 26.6 Å². The van der Waals surface area contributed by atoms with E-state index in [1.165, 1.54) is 68.3 Å². The number of ether oxygens (including phenoxy) is 1. The minimum absolute atomic E-state index is 0.0455.